The van der Waals surface area contributed by atoms with Crippen LogP contribution in [0.3, 0.4) is 0 Å². The molecular weight excluding hydrogens is 372 g/mol. The van der Waals surface area contributed by atoms with Crippen molar-refractivity contribution in [1.82, 2.24) is 10.2 Å². The van der Waals surface area contributed by atoms with Gasteiger partial charge in [0.1, 0.15) is 17.6 Å². The molecule has 2 rings (SSSR count). The standard InChI is InChI=1S/C19H23ClN2O3S/c1-13-8-9-14(25-13)12-22(2)19(24)17(10-11-26-3)21-18(23)15-6-4-5-7-16(15)20/h4-9,17H,10-12H2,1-3H3,(H,21,23)/t17-/m1/s1. The number of carbonyl (C=O) groups excluding carboxylic acids is 2. The summed E-state index contributed by atoms with van der Waals surface area (Å²) in [5, 5.41) is 3.18. The molecule has 2 aromatic rings. The highest BCUT2D eigenvalue weighted by Gasteiger charge is 2.25. The molecule has 1 aromatic heterocycles. The van der Waals surface area contributed by atoms with E-state index in [1.54, 1.807) is 48.0 Å². The third kappa shape index (κ3) is 5.54. The van der Waals surface area contributed by atoms with Crippen LogP contribution in [0.25, 0.3) is 0 Å². The lowest BCUT2D eigenvalue weighted by molar-refractivity contribution is -0.132. The van der Waals surface area contributed by atoms with Gasteiger partial charge in [-0.1, -0.05) is 23.7 Å². The number of hydrogen-bond donors (Lipinski definition) is 1. The second kappa shape index (κ2) is 9.69. The Hall–Kier alpha value is -1.92. The molecule has 0 spiro atoms. The van der Waals surface area contributed by atoms with Crippen LogP contribution in [-0.2, 0) is 11.3 Å². The normalized spacial score (nSPS) is 11.8. The highest BCUT2D eigenvalue weighted by atomic mass is 35.5. The van der Waals surface area contributed by atoms with Crippen molar-refractivity contribution in [3.8, 4) is 0 Å². The predicted octanol–water partition coefficient (Wildman–Crippen LogP) is 3.75. The molecule has 5 nitrogen and oxygen atoms in total. The largest absolute Gasteiger partial charge is 0.464 e. The summed E-state index contributed by atoms with van der Waals surface area (Å²) in [7, 11) is 1.70. The first-order valence-corrected chi connectivity index (χ1v) is 10.0. The Morgan fingerprint density at radius 2 is 2.00 bits per heavy atom. The molecule has 2 amide bonds. The fourth-order valence-corrected chi connectivity index (χ4v) is 3.22. The molecule has 0 aliphatic heterocycles. The van der Waals surface area contributed by atoms with Crippen LogP contribution in [0, 0.1) is 6.92 Å². The molecule has 1 atom stereocenters. The molecule has 0 saturated heterocycles. The van der Waals surface area contributed by atoms with E-state index in [4.69, 9.17) is 16.0 Å². The highest BCUT2D eigenvalue weighted by Crippen LogP contribution is 2.16. The summed E-state index contributed by atoms with van der Waals surface area (Å²) in [5.41, 5.74) is 0.362. The van der Waals surface area contributed by atoms with Crippen molar-refractivity contribution in [2.75, 3.05) is 19.1 Å². The number of halogens is 1. The molecule has 0 unspecified atom stereocenters. The molecule has 1 aromatic carbocycles. The predicted molar refractivity (Wildman–Crippen MR) is 106 cm³/mol. The molecule has 0 radical (unpaired) electrons. The summed E-state index contributed by atoms with van der Waals surface area (Å²) >= 11 is 7.71. The molecule has 0 aliphatic carbocycles. The van der Waals surface area contributed by atoms with Crippen LogP contribution < -0.4 is 5.32 Å². The number of furan rings is 1. The maximum Gasteiger partial charge on any atom is 0.253 e. The highest BCUT2D eigenvalue weighted by molar-refractivity contribution is 7.98. The number of nitrogens with zero attached hydrogens (tertiary/aromatic N) is 1. The quantitative estimate of drug-likeness (QED) is 0.740. The molecule has 7 heteroatoms. The van der Waals surface area contributed by atoms with E-state index >= 15 is 0 Å². The summed E-state index contributed by atoms with van der Waals surface area (Å²) in [4.78, 5) is 26.9. The number of nitrogens with one attached hydrogen (secondary N) is 1. The molecule has 0 fully saturated rings. The molecule has 140 valence electrons. The summed E-state index contributed by atoms with van der Waals surface area (Å²) in [5.74, 6) is 1.75. The van der Waals surface area contributed by atoms with Gasteiger partial charge in [-0.15, -0.1) is 0 Å². The van der Waals surface area contributed by atoms with E-state index in [1.807, 2.05) is 25.3 Å². The minimum Gasteiger partial charge on any atom is -0.464 e. The van der Waals surface area contributed by atoms with Gasteiger partial charge in [-0.2, -0.15) is 11.8 Å². The van der Waals surface area contributed by atoms with Crippen molar-refractivity contribution in [2.45, 2.75) is 25.9 Å². The van der Waals surface area contributed by atoms with Crippen molar-refractivity contribution in [2.24, 2.45) is 0 Å². The average Bonchev–Trinajstić information content (AvgIpc) is 3.02. The maximum absolute atomic E-state index is 12.8. The topological polar surface area (TPSA) is 62.6 Å². The van der Waals surface area contributed by atoms with Gasteiger partial charge in [0.25, 0.3) is 5.91 Å². The number of rotatable bonds is 8. The number of thioether (sulfide) groups is 1. The number of benzene rings is 1. The Morgan fingerprint density at radius 1 is 1.27 bits per heavy atom. The summed E-state index contributed by atoms with van der Waals surface area (Å²) in [6.45, 7) is 2.21. The first-order chi connectivity index (χ1) is 12.4. The van der Waals surface area contributed by atoms with E-state index in [-0.39, 0.29) is 11.8 Å². The van der Waals surface area contributed by atoms with E-state index in [9.17, 15) is 9.59 Å². The SMILES string of the molecule is CSCC[C@@H](NC(=O)c1ccccc1Cl)C(=O)N(C)Cc1ccc(C)o1. The van der Waals surface area contributed by atoms with Gasteiger partial charge in [-0.3, -0.25) is 9.59 Å². The number of amides is 2. The fourth-order valence-electron chi connectivity index (χ4n) is 2.52. The molecular formula is C19H23ClN2O3S. The molecule has 1 heterocycles. The smallest absolute Gasteiger partial charge is 0.253 e. The Labute approximate surface area is 163 Å². The minimum absolute atomic E-state index is 0.159. The number of hydrogen-bond acceptors (Lipinski definition) is 4. The Kier molecular flexibility index (Phi) is 7.60. The van der Waals surface area contributed by atoms with Gasteiger partial charge in [0, 0.05) is 7.05 Å². The Bertz CT molecular complexity index is 763. The van der Waals surface area contributed by atoms with Crippen LogP contribution in [-0.4, -0.2) is 41.8 Å². The van der Waals surface area contributed by atoms with E-state index < -0.39 is 6.04 Å². The Balaban J connectivity index is 2.08. The first kappa shape index (κ1) is 20.4. The summed E-state index contributed by atoms with van der Waals surface area (Å²) < 4.78 is 5.53. The van der Waals surface area contributed by atoms with Crippen molar-refractivity contribution in [3.63, 3.8) is 0 Å². The van der Waals surface area contributed by atoms with E-state index in [1.165, 1.54) is 0 Å². The summed E-state index contributed by atoms with van der Waals surface area (Å²) in [6, 6.07) is 9.88. The van der Waals surface area contributed by atoms with Crippen molar-refractivity contribution in [1.29, 1.82) is 0 Å². The van der Waals surface area contributed by atoms with Crippen LogP contribution in [0.2, 0.25) is 5.02 Å². The lowest BCUT2D eigenvalue weighted by Gasteiger charge is -2.24. The number of likely N-dealkylation sites (N-methyl/N-ethyl adjacent to an activating group) is 1. The first-order valence-electron chi connectivity index (χ1n) is 8.27. The van der Waals surface area contributed by atoms with Crippen molar-refractivity contribution >= 4 is 35.2 Å². The van der Waals surface area contributed by atoms with Gasteiger partial charge in [0.15, 0.2) is 0 Å². The average molecular weight is 395 g/mol. The number of carbonyl (C=O) groups is 2. The zero-order chi connectivity index (χ0) is 19.1. The number of aryl methyl sites for hydroxylation is 1. The Morgan fingerprint density at radius 3 is 2.62 bits per heavy atom. The van der Waals surface area contributed by atoms with Crippen LogP contribution in [0.15, 0.2) is 40.8 Å². The molecule has 0 aliphatic rings. The van der Waals surface area contributed by atoms with E-state index in [0.29, 0.717) is 29.3 Å². The van der Waals surface area contributed by atoms with Crippen molar-refractivity contribution < 1.29 is 14.0 Å². The van der Waals surface area contributed by atoms with Crippen LogP contribution >= 0.6 is 23.4 Å². The van der Waals surface area contributed by atoms with Crippen LogP contribution in [0.1, 0.15) is 28.3 Å². The second-order valence-corrected chi connectivity index (χ2v) is 7.39. The van der Waals surface area contributed by atoms with E-state index in [2.05, 4.69) is 5.32 Å². The van der Waals surface area contributed by atoms with E-state index in [0.717, 1.165) is 11.5 Å². The minimum atomic E-state index is -0.618. The van der Waals surface area contributed by atoms with Gasteiger partial charge in [0.2, 0.25) is 5.91 Å². The fraction of sp³-hybridized carbons (Fsp3) is 0.368. The van der Waals surface area contributed by atoms with Crippen LogP contribution in [0.4, 0.5) is 0 Å². The lowest BCUT2D eigenvalue weighted by atomic mass is 10.1. The van der Waals surface area contributed by atoms with Gasteiger partial charge >= 0.3 is 0 Å². The van der Waals surface area contributed by atoms with Gasteiger partial charge in [0.05, 0.1) is 17.1 Å². The molecule has 0 bridgehead atoms. The third-order valence-corrected chi connectivity index (χ3v) is 4.87. The zero-order valence-corrected chi connectivity index (χ0v) is 16.7. The van der Waals surface area contributed by atoms with Gasteiger partial charge in [-0.25, -0.2) is 0 Å². The zero-order valence-electron chi connectivity index (χ0n) is 15.1. The van der Waals surface area contributed by atoms with Crippen molar-refractivity contribution in [3.05, 3.63) is 58.5 Å². The monoisotopic (exact) mass is 394 g/mol. The second-order valence-electron chi connectivity index (χ2n) is 5.99. The third-order valence-electron chi connectivity index (χ3n) is 3.90. The molecule has 0 saturated carbocycles. The lowest BCUT2D eigenvalue weighted by Crippen LogP contribution is -2.47. The van der Waals surface area contributed by atoms with Gasteiger partial charge < -0.3 is 14.6 Å². The molecule has 26 heavy (non-hydrogen) atoms. The summed E-state index contributed by atoms with van der Waals surface area (Å²) in [6.07, 6.45) is 2.50. The van der Waals surface area contributed by atoms with Gasteiger partial charge in [-0.05, 0) is 49.6 Å². The van der Waals surface area contributed by atoms with Crippen LogP contribution in [0.5, 0.6) is 0 Å². The molecule has 1 N–H and O–H groups in total. The maximum atomic E-state index is 12.8.